The Morgan fingerprint density at radius 3 is 2.47 bits per heavy atom. The second-order valence-electron chi connectivity index (χ2n) is 4.21. The third kappa shape index (κ3) is 2.18. The third-order valence-electron chi connectivity index (χ3n) is 2.90. The van der Waals surface area contributed by atoms with Crippen LogP contribution in [0.5, 0.6) is 0 Å². The van der Waals surface area contributed by atoms with E-state index in [1.807, 2.05) is 42.5 Å². The molecule has 1 heterocycles. The summed E-state index contributed by atoms with van der Waals surface area (Å²) in [6.07, 6.45) is 0. The molecule has 5 heteroatoms. The summed E-state index contributed by atoms with van der Waals surface area (Å²) in [6, 6.07) is 13.4. The Morgan fingerprint density at radius 1 is 0.895 bits per heavy atom. The standard InChI is InChI=1S/C14H11ClN4/c15-10-3-1-2-8(6-10)9-4-5-11-12(7-9)18-14(17)19-13(11)16/h1-7H,(H4,16,17,18,19). The lowest BCUT2D eigenvalue weighted by molar-refractivity contribution is 1.25. The molecule has 4 N–H and O–H groups in total. The van der Waals surface area contributed by atoms with Gasteiger partial charge in [0.15, 0.2) is 0 Å². The van der Waals surface area contributed by atoms with Gasteiger partial charge < -0.3 is 11.5 Å². The van der Waals surface area contributed by atoms with E-state index in [1.54, 1.807) is 0 Å². The van der Waals surface area contributed by atoms with Crippen LogP contribution >= 0.6 is 11.6 Å². The molecule has 1 aromatic heterocycles. The lowest BCUT2D eigenvalue weighted by Crippen LogP contribution is -2.00. The van der Waals surface area contributed by atoms with E-state index in [9.17, 15) is 0 Å². The monoisotopic (exact) mass is 270 g/mol. The van der Waals surface area contributed by atoms with E-state index >= 15 is 0 Å². The molecule has 0 spiro atoms. The minimum atomic E-state index is 0.174. The number of nitrogens with zero attached hydrogens (tertiary/aromatic N) is 2. The minimum absolute atomic E-state index is 0.174. The first-order valence-electron chi connectivity index (χ1n) is 5.72. The maximum atomic E-state index is 6.00. The molecule has 0 saturated carbocycles. The molecule has 0 aliphatic carbocycles. The number of rotatable bonds is 1. The first-order chi connectivity index (χ1) is 9.13. The molecular weight excluding hydrogens is 260 g/mol. The number of hydrogen-bond acceptors (Lipinski definition) is 4. The molecule has 0 bridgehead atoms. The van der Waals surface area contributed by atoms with Gasteiger partial charge in [-0.15, -0.1) is 0 Å². The topological polar surface area (TPSA) is 77.8 Å². The molecule has 0 atom stereocenters. The van der Waals surface area contributed by atoms with Crippen molar-refractivity contribution >= 4 is 34.3 Å². The Balaban J connectivity index is 2.21. The largest absolute Gasteiger partial charge is 0.383 e. The second kappa shape index (κ2) is 4.40. The van der Waals surface area contributed by atoms with Gasteiger partial charge in [-0.1, -0.05) is 29.8 Å². The van der Waals surface area contributed by atoms with Crippen LogP contribution in [0.15, 0.2) is 42.5 Å². The number of hydrogen-bond donors (Lipinski definition) is 2. The van der Waals surface area contributed by atoms with Gasteiger partial charge in [-0.3, -0.25) is 0 Å². The summed E-state index contributed by atoms with van der Waals surface area (Å²) >= 11 is 6.00. The van der Waals surface area contributed by atoms with Crippen molar-refractivity contribution in [3.8, 4) is 11.1 Å². The van der Waals surface area contributed by atoms with E-state index in [2.05, 4.69) is 9.97 Å². The molecule has 0 radical (unpaired) electrons. The van der Waals surface area contributed by atoms with Gasteiger partial charge in [0.1, 0.15) is 5.82 Å². The Hall–Kier alpha value is -2.33. The van der Waals surface area contributed by atoms with E-state index in [0.29, 0.717) is 10.8 Å². The van der Waals surface area contributed by atoms with Gasteiger partial charge in [-0.25, -0.2) is 4.98 Å². The number of nitrogen functional groups attached to an aromatic ring is 2. The van der Waals surface area contributed by atoms with Gasteiger partial charge in [0.25, 0.3) is 0 Å². The molecule has 2 aromatic carbocycles. The van der Waals surface area contributed by atoms with E-state index in [4.69, 9.17) is 23.1 Å². The maximum absolute atomic E-state index is 6.00. The lowest BCUT2D eigenvalue weighted by atomic mass is 10.0. The van der Waals surface area contributed by atoms with Crippen LogP contribution in [0.2, 0.25) is 5.02 Å². The first kappa shape index (κ1) is 11.7. The number of halogens is 1. The zero-order valence-corrected chi connectivity index (χ0v) is 10.7. The van der Waals surface area contributed by atoms with Crippen LogP contribution in [0.3, 0.4) is 0 Å². The van der Waals surface area contributed by atoms with E-state index in [0.717, 1.165) is 22.0 Å². The highest BCUT2D eigenvalue weighted by molar-refractivity contribution is 6.30. The molecule has 4 nitrogen and oxygen atoms in total. The van der Waals surface area contributed by atoms with Gasteiger partial charge in [-0.2, -0.15) is 4.98 Å². The van der Waals surface area contributed by atoms with Crippen molar-refractivity contribution in [2.45, 2.75) is 0 Å². The van der Waals surface area contributed by atoms with Crippen LogP contribution in [-0.2, 0) is 0 Å². The molecule has 0 aliphatic rings. The van der Waals surface area contributed by atoms with Crippen LogP contribution in [0.25, 0.3) is 22.0 Å². The van der Waals surface area contributed by atoms with Crippen LogP contribution in [0.4, 0.5) is 11.8 Å². The molecule has 19 heavy (non-hydrogen) atoms. The van der Waals surface area contributed by atoms with Crippen molar-refractivity contribution in [2.24, 2.45) is 0 Å². The molecule has 0 saturated heterocycles. The van der Waals surface area contributed by atoms with Gasteiger partial charge in [0, 0.05) is 10.4 Å². The van der Waals surface area contributed by atoms with Crippen LogP contribution in [-0.4, -0.2) is 9.97 Å². The Bertz CT molecular complexity index is 770. The average Bonchev–Trinajstić information content (AvgIpc) is 2.37. The van der Waals surface area contributed by atoms with E-state index in [1.165, 1.54) is 0 Å². The van der Waals surface area contributed by atoms with Crippen molar-refractivity contribution in [1.29, 1.82) is 0 Å². The molecule has 3 aromatic rings. The Morgan fingerprint density at radius 2 is 1.68 bits per heavy atom. The molecule has 3 rings (SSSR count). The zero-order chi connectivity index (χ0) is 13.4. The number of anilines is 2. The highest BCUT2D eigenvalue weighted by Gasteiger charge is 2.05. The summed E-state index contributed by atoms with van der Waals surface area (Å²) < 4.78 is 0. The fraction of sp³-hybridized carbons (Fsp3) is 0. The first-order valence-corrected chi connectivity index (χ1v) is 6.10. The van der Waals surface area contributed by atoms with Crippen LogP contribution in [0, 0.1) is 0 Å². The van der Waals surface area contributed by atoms with Crippen molar-refractivity contribution in [3.63, 3.8) is 0 Å². The smallest absolute Gasteiger partial charge is 0.222 e. The second-order valence-corrected chi connectivity index (χ2v) is 4.65. The predicted molar refractivity (Wildman–Crippen MR) is 78.8 cm³/mol. The van der Waals surface area contributed by atoms with Crippen molar-refractivity contribution in [3.05, 3.63) is 47.5 Å². The average molecular weight is 271 g/mol. The Labute approximate surface area is 115 Å². The minimum Gasteiger partial charge on any atom is -0.383 e. The molecule has 0 unspecified atom stereocenters. The summed E-state index contributed by atoms with van der Waals surface area (Å²) in [5, 5.41) is 1.49. The van der Waals surface area contributed by atoms with Crippen molar-refractivity contribution < 1.29 is 0 Å². The van der Waals surface area contributed by atoms with E-state index < -0.39 is 0 Å². The maximum Gasteiger partial charge on any atom is 0.222 e. The fourth-order valence-corrected chi connectivity index (χ4v) is 2.21. The molecule has 94 valence electrons. The zero-order valence-electron chi connectivity index (χ0n) is 9.97. The summed E-state index contributed by atoms with van der Waals surface area (Å²) in [7, 11) is 0. The SMILES string of the molecule is Nc1nc(N)c2ccc(-c3cccc(Cl)c3)cc2n1. The number of aromatic nitrogens is 2. The number of benzene rings is 2. The number of nitrogens with two attached hydrogens (primary N) is 2. The number of fused-ring (bicyclic) bond motifs is 1. The van der Waals surface area contributed by atoms with Crippen LogP contribution in [0.1, 0.15) is 0 Å². The quantitative estimate of drug-likeness (QED) is 0.712. The van der Waals surface area contributed by atoms with Gasteiger partial charge in [0.05, 0.1) is 5.52 Å². The van der Waals surface area contributed by atoms with E-state index in [-0.39, 0.29) is 5.95 Å². The summed E-state index contributed by atoms with van der Waals surface area (Å²) in [4.78, 5) is 8.14. The molecule has 0 aliphatic heterocycles. The molecule has 0 fully saturated rings. The highest BCUT2D eigenvalue weighted by atomic mass is 35.5. The van der Waals surface area contributed by atoms with Gasteiger partial charge >= 0.3 is 0 Å². The van der Waals surface area contributed by atoms with Crippen molar-refractivity contribution in [2.75, 3.05) is 11.5 Å². The van der Waals surface area contributed by atoms with Gasteiger partial charge in [-0.05, 0) is 35.4 Å². The fourth-order valence-electron chi connectivity index (χ4n) is 2.02. The highest BCUT2D eigenvalue weighted by Crippen LogP contribution is 2.27. The lowest BCUT2D eigenvalue weighted by Gasteiger charge is -2.06. The molecular formula is C14H11ClN4. The summed E-state index contributed by atoms with van der Waals surface area (Å²) in [6.45, 7) is 0. The molecule has 0 amide bonds. The third-order valence-corrected chi connectivity index (χ3v) is 3.14. The summed E-state index contributed by atoms with van der Waals surface area (Å²) in [5.74, 6) is 0.563. The Kier molecular flexibility index (Phi) is 2.72. The van der Waals surface area contributed by atoms with Crippen LogP contribution < -0.4 is 11.5 Å². The normalized spacial score (nSPS) is 10.8. The van der Waals surface area contributed by atoms with Gasteiger partial charge in [0.2, 0.25) is 5.95 Å². The summed E-state index contributed by atoms with van der Waals surface area (Å²) in [5.41, 5.74) is 14.2. The van der Waals surface area contributed by atoms with Crippen molar-refractivity contribution in [1.82, 2.24) is 9.97 Å². The predicted octanol–water partition coefficient (Wildman–Crippen LogP) is 3.11.